The highest BCUT2D eigenvalue weighted by atomic mass is 32.2. The molecular weight excluding hydrogens is 322 g/mol. The van der Waals surface area contributed by atoms with Gasteiger partial charge in [0.15, 0.2) is 0 Å². The summed E-state index contributed by atoms with van der Waals surface area (Å²) in [6.07, 6.45) is 0. The van der Waals surface area contributed by atoms with Gasteiger partial charge in [-0.3, -0.25) is 0 Å². The standard InChI is InChI=1S/C18H23N3O2S/c1-20-11-13-21(14-12-20)18-10-6-5-7-16(18)15-19-24(22,23)17-8-3-2-4-9-17/h2-10,19H,11-15H2,1H3. The molecule has 0 bridgehead atoms. The molecule has 24 heavy (non-hydrogen) atoms. The average Bonchev–Trinajstić information content (AvgIpc) is 2.62. The zero-order valence-corrected chi connectivity index (χ0v) is 14.7. The number of benzene rings is 2. The van der Waals surface area contributed by atoms with Crippen molar-refractivity contribution >= 4 is 15.7 Å². The molecular formula is C18H23N3O2S. The van der Waals surface area contributed by atoms with E-state index in [9.17, 15) is 8.42 Å². The molecule has 6 heteroatoms. The molecule has 0 spiro atoms. The summed E-state index contributed by atoms with van der Waals surface area (Å²) in [5, 5.41) is 0. The Bertz CT molecular complexity index is 770. The first-order chi connectivity index (χ1) is 11.6. The van der Waals surface area contributed by atoms with Crippen molar-refractivity contribution < 1.29 is 8.42 Å². The molecule has 128 valence electrons. The maximum Gasteiger partial charge on any atom is 0.240 e. The Morgan fingerprint density at radius 1 is 0.917 bits per heavy atom. The number of sulfonamides is 1. The maximum absolute atomic E-state index is 12.4. The van der Waals surface area contributed by atoms with Gasteiger partial charge in [0, 0.05) is 38.4 Å². The number of nitrogens with one attached hydrogen (secondary N) is 1. The molecule has 1 fully saturated rings. The van der Waals surface area contributed by atoms with Crippen LogP contribution in [0, 0.1) is 0 Å². The molecule has 0 aliphatic carbocycles. The van der Waals surface area contributed by atoms with Crippen molar-refractivity contribution in [2.24, 2.45) is 0 Å². The Kier molecular flexibility index (Phi) is 5.18. The van der Waals surface area contributed by atoms with E-state index in [0.717, 1.165) is 37.4 Å². The van der Waals surface area contributed by atoms with Crippen LogP contribution in [0.4, 0.5) is 5.69 Å². The summed E-state index contributed by atoms with van der Waals surface area (Å²) in [6, 6.07) is 16.5. The summed E-state index contributed by atoms with van der Waals surface area (Å²) in [5.74, 6) is 0. The summed E-state index contributed by atoms with van der Waals surface area (Å²) in [4.78, 5) is 4.92. The highest BCUT2D eigenvalue weighted by Gasteiger charge is 2.18. The van der Waals surface area contributed by atoms with Crippen LogP contribution in [0.5, 0.6) is 0 Å². The maximum atomic E-state index is 12.4. The van der Waals surface area contributed by atoms with E-state index in [0.29, 0.717) is 11.4 Å². The minimum absolute atomic E-state index is 0.291. The minimum atomic E-state index is -3.49. The lowest BCUT2D eigenvalue weighted by atomic mass is 10.1. The second-order valence-electron chi connectivity index (χ2n) is 6.06. The van der Waals surface area contributed by atoms with Crippen LogP contribution in [0.2, 0.25) is 0 Å². The number of nitrogens with zero attached hydrogens (tertiary/aromatic N) is 2. The van der Waals surface area contributed by atoms with Crippen molar-refractivity contribution in [1.29, 1.82) is 0 Å². The molecule has 1 aliphatic rings. The first-order valence-electron chi connectivity index (χ1n) is 8.12. The van der Waals surface area contributed by atoms with Crippen molar-refractivity contribution in [3.63, 3.8) is 0 Å². The smallest absolute Gasteiger partial charge is 0.240 e. The molecule has 5 nitrogen and oxygen atoms in total. The van der Waals surface area contributed by atoms with Gasteiger partial charge < -0.3 is 9.80 Å². The summed E-state index contributed by atoms with van der Waals surface area (Å²) in [5.41, 5.74) is 2.11. The fourth-order valence-electron chi connectivity index (χ4n) is 2.87. The molecule has 1 heterocycles. The molecule has 0 unspecified atom stereocenters. The average molecular weight is 345 g/mol. The third-order valence-electron chi connectivity index (χ3n) is 4.34. The van der Waals surface area contributed by atoms with E-state index in [2.05, 4.69) is 27.6 Å². The highest BCUT2D eigenvalue weighted by molar-refractivity contribution is 7.89. The first-order valence-corrected chi connectivity index (χ1v) is 9.61. The normalized spacial score (nSPS) is 16.3. The van der Waals surface area contributed by atoms with Gasteiger partial charge in [0.2, 0.25) is 10.0 Å². The molecule has 0 amide bonds. The summed E-state index contributed by atoms with van der Waals surface area (Å²) < 4.78 is 27.5. The van der Waals surface area contributed by atoms with Crippen LogP contribution in [-0.4, -0.2) is 46.5 Å². The number of piperazine rings is 1. The van der Waals surface area contributed by atoms with Crippen LogP contribution >= 0.6 is 0 Å². The van der Waals surface area contributed by atoms with E-state index in [4.69, 9.17) is 0 Å². The Hall–Kier alpha value is -1.89. The lowest BCUT2D eigenvalue weighted by Crippen LogP contribution is -2.45. The van der Waals surface area contributed by atoms with Gasteiger partial charge in [-0.2, -0.15) is 0 Å². The molecule has 2 aromatic rings. The minimum Gasteiger partial charge on any atom is -0.369 e. The monoisotopic (exact) mass is 345 g/mol. The number of hydrogen-bond acceptors (Lipinski definition) is 4. The van der Waals surface area contributed by atoms with Crippen molar-refractivity contribution in [3.8, 4) is 0 Å². The van der Waals surface area contributed by atoms with Crippen molar-refractivity contribution in [3.05, 3.63) is 60.2 Å². The van der Waals surface area contributed by atoms with E-state index in [1.54, 1.807) is 24.3 Å². The number of para-hydroxylation sites is 1. The topological polar surface area (TPSA) is 52.6 Å². The Balaban J connectivity index is 1.74. The van der Waals surface area contributed by atoms with Crippen molar-refractivity contribution in [2.75, 3.05) is 38.1 Å². The lowest BCUT2D eigenvalue weighted by Gasteiger charge is -2.35. The van der Waals surface area contributed by atoms with Crippen LogP contribution in [-0.2, 0) is 16.6 Å². The first kappa shape index (κ1) is 17.0. The quantitative estimate of drug-likeness (QED) is 0.899. The Morgan fingerprint density at radius 3 is 2.25 bits per heavy atom. The molecule has 0 radical (unpaired) electrons. The number of anilines is 1. The molecule has 0 saturated carbocycles. The number of hydrogen-bond donors (Lipinski definition) is 1. The van der Waals surface area contributed by atoms with Gasteiger partial charge in [0.05, 0.1) is 4.90 Å². The number of likely N-dealkylation sites (N-methyl/N-ethyl adjacent to an activating group) is 1. The Morgan fingerprint density at radius 2 is 1.54 bits per heavy atom. The molecule has 1 aliphatic heterocycles. The third-order valence-corrected chi connectivity index (χ3v) is 5.76. The summed E-state index contributed by atoms with van der Waals surface area (Å²) in [7, 11) is -1.37. The van der Waals surface area contributed by atoms with Crippen molar-refractivity contribution in [1.82, 2.24) is 9.62 Å². The van der Waals surface area contributed by atoms with E-state index in [-0.39, 0.29) is 0 Å². The van der Waals surface area contributed by atoms with Crippen LogP contribution < -0.4 is 9.62 Å². The third kappa shape index (κ3) is 3.95. The highest BCUT2D eigenvalue weighted by Crippen LogP contribution is 2.22. The van der Waals surface area contributed by atoms with Gasteiger partial charge >= 0.3 is 0 Å². The molecule has 0 aromatic heterocycles. The fraction of sp³-hybridized carbons (Fsp3) is 0.333. The van der Waals surface area contributed by atoms with Gasteiger partial charge in [-0.15, -0.1) is 0 Å². The van der Waals surface area contributed by atoms with Gasteiger partial charge in [-0.05, 0) is 30.8 Å². The second kappa shape index (κ2) is 7.34. The van der Waals surface area contributed by atoms with Crippen LogP contribution in [0.25, 0.3) is 0 Å². The largest absolute Gasteiger partial charge is 0.369 e. The number of rotatable bonds is 5. The van der Waals surface area contributed by atoms with E-state index in [1.165, 1.54) is 0 Å². The SMILES string of the molecule is CN1CCN(c2ccccc2CNS(=O)(=O)c2ccccc2)CC1. The van der Waals surface area contributed by atoms with Crippen LogP contribution in [0.15, 0.2) is 59.5 Å². The predicted octanol–water partition coefficient (Wildman–Crippen LogP) is 1.92. The Labute approximate surface area is 144 Å². The van der Waals surface area contributed by atoms with Gasteiger partial charge in [-0.1, -0.05) is 36.4 Å². The van der Waals surface area contributed by atoms with Crippen LogP contribution in [0.3, 0.4) is 0 Å². The predicted molar refractivity (Wildman–Crippen MR) is 96.6 cm³/mol. The van der Waals surface area contributed by atoms with E-state index >= 15 is 0 Å². The van der Waals surface area contributed by atoms with Gasteiger partial charge in [0.1, 0.15) is 0 Å². The van der Waals surface area contributed by atoms with Crippen molar-refractivity contribution in [2.45, 2.75) is 11.4 Å². The van der Waals surface area contributed by atoms with Gasteiger partial charge in [0.25, 0.3) is 0 Å². The van der Waals surface area contributed by atoms with E-state index < -0.39 is 10.0 Å². The fourth-order valence-corrected chi connectivity index (χ4v) is 3.90. The zero-order chi connectivity index (χ0) is 17.0. The van der Waals surface area contributed by atoms with Gasteiger partial charge in [-0.25, -0.2) is 13.1 Å². The zero-order valence-electron chi connectivity index (χ0n) is 13.9. The molecule has 2 aromatic carbocycles. The summed E-state index contributed by atoms with van der Waals surface area (Å²) >= 11 is 0. The second-order valence-corrected chi connectivity index (χ2v) is 7.82. The molecule has 1 N–H and O–H groups in total. The molecule has 1 saturated heterocycles. The van der Waals surface area contributed by atoms with E-state index in [1.807, 2.05) is 24.3 Å². The summed E-state index contributed by atoms with van der Waals surface area (Å²) in [6.45, 7) is 4.24. The lowest BCUT2D eigenvalue weighted by molar-refractivity contribution is 0.312. The molecule has 3 rings (SSSR count). The molecule has 0 atom stereocenters. The van der Waals surface area contributed by atoms with Crippen LogP contribution in [0.1, 0.15) is 5.56 Å².